The maximum Gasteiger partial charge on any atom is 0.410 e. The van der Waals surface area contributed by atoms with Gasteiger partial charge in [-0.1, -0.05) is 94.8 Å². The first-order valence-corrected chi connectivity index (χ1v) is 34.7. The van der Waals surface area contributed by atoms with Crippen LogP contribution in [-0.2, 0) is 84.3 Å². The molecule has 0 spiro atoms. The van der Waals surface area contributed by atoms with Gasteiger partial charge in [0.15, 0.2) is 56.3 Å². The largest absolute Gasteiger partial charge is 0.445 e. The minimum Gasteiger partial charge on any atom is -0.445 e. The van der Waals surface area contributed by atoms with E-state index in [1.54, 1.807) is 81.6 Å². The molecule has 0 radical (unpaired) electrons. The Hall–Kier alpha value is -4.91. The summed E-state index contributed by atoms with van der Waals surface area (Å²) in [6.45, 7) is 2.65. The molecule has 34 atom stereocenters. The lowest BCUT2D eigenvalue weighted by molar-refractivity contribution is -0.381. The number of amides is 3. The number of likely N-dealkylation sites (N-methyl/N-ethyl adjacent to an activating group) is 2. The fourth-order valence-corrected chi connectivity index (χ4v) is 14.7. The Kier molecular flexibility index (Phi) is 28.0. The molecule has 23 N–H and O–H groups in total. The van der Waals surface area contributed by atoms with Crippen molar-refractivity contribution in [3.8, 4) is 0 Å². The van der Waals surface area contributed by atoms with Gasteiger partial charge in [0.05, 0.1) is 55.8 Å². The number of hydrogen-bond acceptors (Lipinski definition) is 35. The van der Waals surface area contributed by atoms with Crippen molar-refractivity contribution in [1.82, 2.24) is 26.2 Å². The van der Waals surface area contributed by atoms with Crippen LogP contribution in [0.5, 0.6) is 0 Å². The zero-order valence-corrected chi connectivity index (χ0v) is 57.2. The normalized spacial score (nSPS) is 44.0. The van der Waals surface area contributed by atoms with Gasteiger partial charge >= 0.3 is 18.3 Å². The van der Waals surface area contributed by atoms with E-state index in [4.69, 9.17) is 94.0 Å². The van der Waals surface area contributed by atoms with Gasteiger partial charge < -0.3 is 161 Å². The van der Waals surface area contributed by atoms with E-state index in [2.05, 4.69) is 21.3 Å². The molecule has 9 saturated heterocycles. The SMILES string of the molecule is C.CC1C[C@@H]2OC(O[C@H]3OC(CO)[C@@H](C)[C@H](O)C3O)C3C(OC(=O)N3C)C2O[C@@H]1O[C@@H]1C(NC(=O)OCc2ccccc2)O[C@@H](NC(=O)OCc2ccccc2)C(O)[C@H]1O.CNC1C(O[C@H]2OC(CO)[C@@H](NCC3(N)CCCC3)[C@H](O)C2O)O[C@H]2CC(N)[C@@H](O[C@@H]3C(N)O[C@@H](N)C(O)[C@H]3O)OC2C1O. The van der Waals surface area contributed by atoms with Crippen molar-refractivity contribution in [3.05, 3.63) is 71.8 Å². The molecular formula is C66H105N9O29. The van der Waals surface area contributed by atoms with Crippen LogP contribution in [0.4, 0.5) is 14.4 Å². The maximum atomic E-state index is 13.1. The smallest absolute Gasteiger partial charge is 0.410 e. The van der Waals surface area contributed by atoms with Gasteiger partial charge in [0, 0.05) is 31.0 Å². The Morgan fingerprint density at radius 3 is 1.72 bits per heavy atom. The Morgan fingerprint density at radius 2 is 1.11 bits per heavy atom. The lowest BCUT2D eigenvalue weighted by Crippen LogP contribution is -2.70. The summed E-state index contributed by atoms with van der Waals surface area (Å²) in [5.41, 5.74) is 25.3. The Labute approximate surface area is 599 Å². The number of nitrogens with one attached hydrogen (secondary N) is 4. The van der Waals surface area contributed by atoms with Crippen LogP contribution in [0.3, 0.4) is 0 Å². The van der Waals surface area contributed by atoms with Gasteiger partial charge in [-0.05, 0) is 43.9 Å². The van der Waals surface area contributed by atoms with Crippen molar-refractivity contribution in [3.63, 3.8) is 0 Å². The summed E-state index contributed by atoms with van der Waals surface area (Å²) in [6, 6.07) is 14.2. The van der Waals surface area contributed by atoms with Gasteiger partial charge in [-0.2, -0.15) is 0 Å². The number of rotatable bonds is 20. The molecule has 12 rings (SSSR count). The summed E-state index contributed by atoms with van der Waals surface area (Å²) in [7, 11) is 3.02. The van der Waals surface area contributed by atoms with E-state index in [9.17, 15) is 70.6 Å². The number of carbonyl (C=O) groups is 3. The van der Waals surface area contributed by atoms with Crippen LogP contribution in [0.1, 0.15) is 70.9 Å². The molecule has 0 bridgehead atoms. The molecule has 104 heavy (non-hydrogen) atoms. The average molecular weight is 1490 g/mol. The number of nitrogens with zero attached hydrogens (tertiary/aromatic N) is 1. The number of aliphatic hydroxyl groups excluding tert-OH is 11. The molecule has 0 aromatic heterocycles. The number of alkyl carbamates (subject to hydrolysis) is 2. The van der Waals surface area contributed by atoms with Crippen molar-refractivity contribution in [2.45, 2.75) is 275 Å². The summed E-state index contributed by atoms with van der Waals surface area (Å²) in [4.78, 5) is 40.1. The number of fused-ring (bicyclic) bond motifs is 4. The van der Waals surface area contributed by atoms with Crippen molar-refractivity contribution in [1.29, 1.82) is 0 Å². The van der Waals surface area contributed by atoms with E-state index in [1.807, 2.05) is 0 Å². The minimum atomic E-state index is -1.79. The van der Waals surface area contributed by atoms with Gasteiger partial charge in [-0.25, -0.2) is 14.4 Å². The summed E-state index contributed by atoms with van der Waals surface area (Å²) < 4.78 is 88.2. The molecule has 10 fully saturated rings. The molecule has 10 aliphatic rings. The highest BCUT2D eigenvalue weighted by molar-refractivity contribution is 5.71. The second-order valence-corrected chi connectivity index (χ2v) is 28.0. The van der Waals surface area contributed by atoms with Crippen LogP contribution in [-0.4, -0.2) is 315 Å². The highest BCUT2D eigenvalue weighted by atomic mass is 16.8. The number of carbonyl (C=O) groups excluding carboxylic acids is 3. The van der Waals surface area contributed by atoms with Crippen molar-refractivity contribution in [2.24, 2.45) is 34.8 Å². The van der Waals surface area contributed by atoms with Gasteiger partial charge in [0.25, 0.3) is 0 Å². The van der Waals surface area contributed by atoms with E-state index >= 15 is 0 Å². The molecule has 2 aromatic rings. The number of benzene rings is 2. The van der Waals surface area contributed by atoms with Gasteiger partial charge in [0.1, 0.15) is 111 Å². The molecule has 18 unspecified atom stereocenters. The quantitative estimate of drug-likeness (QED) is 0.0549. The zero-order chi connectivity index (χ0) is 73.9. The predicted octanol–water partition coefficient (Wildman–Crippen LogP) is -5.85. The first-order chi connectivity index (χ1) is 49.2. The number of aliphatic hydroxyl groups is 11. The lowest BCUT2D eigenvalue weighted by Gasteiger charge is -2.51. The third-order valence-corrected chi connectivity index (χ3v) is 20.8. The average Bonchev–Trinajstić information content (AvgIpc) is 1.62. The number of nitrogens with two attached hydrogens (primary N) is 4. The molecule has 588 valence electrons. The molecule has 9 heterocycles. The molecule has 1 saturated carbocycles. The standard InChI is InChI=1S/C39H51N3O17.C26H50N6O12.CH4/c1-18-14-22-29(30-24(42(3)39(50)57-30)35(53-22)59-36-28(47)25(44)19(2)23(15-43)54-36)55-34(18)56-31-26(45)27(46)32(40-37(48)51-16-20-10-6-4-7-11-20)58-33(31)41-38(49)52-17-21-12-8-5-9-13-21;1-31-13-15(35)19-10(6-9(27)23(41-19)42-20-16(36)17(37)21(28)43-22(20)29)39-24(13)44-25-18(38)14(34)12(11(7-33)40-25)32-8-26(30)4-2-3-5-26;/h4-13,18-19,22-36,43-47H,14-17H2,1-3H3,(H,40,48)(H,41,49);9-25,31-38H,2-8,27-30H2,1H3;1H4/t18?,19-,22+,23?,24?,25+,26-,27?,28?,29?,30?,31+,32-,33?,34-,35?,36-;9?,10-,11?,12+,13?,14-,15?,16+,17?,18?,19?,20-,21+,22?,23+,24?,25+;/m10./s1. The van der Waals surface area contributed by atoms with E-state index in [1.165, 1.54) is 11.9 Å². The first-order valence-electron chi connectivity index (χ1n) is 34.7. The van der Waals surface area contributed by atoms with E-state index in [-0.39, 0.29) is 33.5 Å². The van der Waals surface area contributed by atoms with Gasteiger partial charge in [-0.3, -0.25) is 15.5 Å². The van der Waals surface area contributed by atoms with E-state index < -0.39 is 246 Å². The first kappa shape index (κ1) is 81.6. The molecule has 38 nitrogen and oxygen atoms in total. The van der Waals surface area contributed by atoms with Gasteiger partial charge in [-0.15, -0.1) is 0 Å². The van der Waals surface area contributed by atoms with Crippen molar-refractivity contribution in [2.75, 3.05) is 33.9 Å². The fraction of sp³-hybridized carbons (Fsp3) is 0.773. The number of hydrogen-bond donors (Lipinski definition) is 19. The molecule has 3 amide bonds. The summed E-state index contributed by atoms with van der Waals surface area (Å²) in [5.74, 6) is -1.12. The summed E-state index contributed by atoms with van der Waals surface area (Å²) in [5, 5.41) is 129. The second-order valence-electron chi connectivity index (χ2n) is 28.0. The summed E-state index contributed by atoms with van der Waals surface area (Å²) in [6.07, 6.45) is -34.2. The zero-order valence-electron chi connectivity index (χ0n) is 57.2. The van der Waals surface area contributed by atoms with Crippen LogP contribution in [0.15, 0.2) is 60.7 Å². The van der Waals surface area contributed by atoms with Crippen LogP contribution in [0.2, 0.25) is 0 Å². The third kappa shape index (κ3) is 18.2. The van der Waals surface area contributed by atoms with Gasteiger partial charge in [0.2, 0.25) is 0 Å². The summed E-state index contributed by atoms with van der Waals surface area (Å²) >= 11 is 0. The molecule has 38 heteroatoms. The minimum absolute atomic E-state index is 0. The second kappa shape index (κ2) is 35.6. The van der Waals surface area contributed by atoms with Crippen LogP contribution < -0.4 is 44.2 Å². The Balaban J connectivity index is 0.000000231. The maximum absolute atomic E-state index is 13.1. The van der Waals surface area contributed by atoms with Crippen LogP contribution >= 0.6 is 0 Å². The van der Waals surface area contributed by atoms with E-state index in [0.29, 0.717) is 17.7 Å². The highest BCUT2D eigenvalue weighted by Gasteiger charge is 2.62. The molecule has 9 aliphatic heterocycles. The predicted molar refractivity (Wildman–Crippen MR) is 351 cm³/mol. The third-order valence-electron chi connectivity index (χ3n) is 20.8. The van der Waals surface area contributed by atoms with Crippen molar-refractivity contribution < 1.29 is 142 Å². The molecular weight excluding hydrogens is 1380 g/mol. The monoisotopic (exact) mass is 1490 g/mol. The number of ether oxygens (including phenoxy) is 15. The topological polar surface area (TPSA) is 568 Å². The van der Waals surface area contributed by atoms with Crippen molar-refractivity contribution >= 4 is 18.3 Å². The Morgan fingerprint density at radius 1 is 0.558 bits per heavy atom. The molecule has 1 aliphatic carbocycles. The highest BCUT2D eigenvalue weighted by Crippen LogP contribution is 2.44. The Bertz CT molecular complexity index is 3040. The lowest BCUT2D eigenvalue weighted by atomic mass is 9.87. The van der Waals surface area contributed by atoms with E-state index in [0.717, 1.165) is 25.7 Å². The fourth-order valence-electron chi connectivity index (χ4n) is 14.7. The van der Waals surface area contributed by atoms with Crippen LogP contribution in [0, 0.1) is 11.8 Å². The molecule has 2 aromatic carbocycles. The van der Waals surface area contributed by atoms with Crippen LogP contribution in [0.25, 0.3) is 0 Å².